The smallest absolute Gasteiger partial charge is 0.147 e. The molecule has 0 saturated carbocycles. The highest BCUT2D eigenvalue weighted by Gasteiger charge is 2.29. The summed E-state index contributed by atoms with van der Waals surface area (Å²) < 4.78 is 1.94. The van der Waals surface area contributed by atoms with Gasteiger partial charge in [0.2, 0.25) is 0 Å². The highest BCUT2D eigenvalue weighted by molar-refractivity contribution is 5.85. The molecule has 0 spiro atoms. The van der Waals surface area contributed by atoms with Gasteiger partial charge in [0.15, 0.2) is 0 Å². The lowest BCUT2D eigenvalue weighted by atomic mass is 10.00. The summed E-state index contributed by atoms with van der Waals surface area (Å²) >= 11 is 0. The number of nitrogens with zero attached hydrogens (tertiary/aromatic N) is 6. The monoisotopic (exact) mass is 449 g/mol. The second-order valence-electron chi connectivity index (χ2n) is 7.32. The van der Waals surface area contributed by atoms with E-state index in [0.29, 0.717) is 6.54 Å². The summed E-state index contributed by atoms with van der Waals surface area (Å²) in [5, 5.41) is 4.41. The molecule has 0 amide bonds. The van der Waals surface area contributed by atoms with E-state index >= 15 is 0 Å². The Hall–Kier alpha value is -2.19. The second kappa shape index (κ2) is 10.7. The van der Waals surface area contributed by atoms with Crippen LogP contribution in [-0.2, 0) is 20.1 Å². The van der Waals surface area contributed by atoms with Crippen LogP contribution in [0.1, 0.15) is 28.4 Å². The van der Waals surface area contributed by atoms with Gasteiger partial charge in [-0.3, -0.25) is 14.6 Å². The van der Waals surface area contributed by atoms with Crippen LogP contribution < -0.4 is 10.6 Å². The molecule has 9 heteroatoms. The van der Waals surface area contributed by atoms with Crippen molar-refractivity contribution in [3.63, 3.8) is 0 Å². The second-order valence-corrected chi connectivity index (χ2v) is 7.32. The topological polar surface area (TPSA) is 76.1 Å². The van der Waals surface area contributed by atoms with Crippen molar-refractivity contribution in [2.24, 2.45) is 12.8 Å². The van der Waals surface area contributed by atoms with E-state index in [1.165, 1.54) is 16.8 Å². The average Bonchev–Trinajstić information content (AvgIpc) is 3.07. The molecular weight excluding hydrogens is 421 g/mol. The van der Waals surface area contributed by atoms with Crippen molar-refractivity contribution in [2.45, 2.75) is 26.1 Å². The minimum atomic E-state index is 0. The molecule has 1 saturated heterocycles. The first-order valence-corrected chi connectivity index (χ1v) is 9.67. The van der Waals surface area contributed by atoms with Crippen LogP contribution in [0.3, 0.4) is 0 Å². The van der Waals surface area contributed by atoms with Crippen LogP contribution in [-0.4, -0.2) is 44.3 Å². The number of halogens is 2. The summed E-state index contributed by atoms with van der Waals surface area (Å²) in [6, 6.07) is 8.93. The zero-order valence-electron chi connectivity index (χ0n) is 17.3. The molecule has 1 atom stereocenters. The van der Waals surface area contributed by atoms with Crippen molar-refractivity contribution in [3.8, 4) is 0 Å². The Balaban J connectivity index is 0.00000160. The summed E-state index contributed by atoms with van der Waals surface area (Å²) in [5.41, 5.74) is 10.7. The molecule has 1 aliphatic heterocycles. The van der Waals surface area contributed by atoms with Crippen molar-refractivity contribution in [3.05, 3.63) is 71.4 Å². The Morgan fingerprint density at radius 1 is 1.07 bits per heavy atom. The number of hydrogen-bond donors (Lipinski definition) is 1. The van der Waals surface area contributed by atoms with Gasteiger partial charge in [-0.1, -0.05) is 24.3 Å². The standard InChI is InChI=1S/C21H27N7.2ClH/c1-16-19(12-25-26(16)2)14-27-9-10-28(21-13-23-7-8-24-21)15-20(27)18-5-3-17(11-22)4-6-18;;/h3-8,12-13,20H,9-11,14-15,22H2,1-2H3;2*1H. The Morgan fingerprint density at radius 3 is 2.43 bits per heavy atom. The van der Waals surface area contributed by atoms with Crippen LogP contribution >= 0.6 is 24.8 Å². The zero-order valence-corrected chi connectivity index (χ0v) is 18.9. The summed E-state index contributed by atoms with van der Waals surface area (Å²) in [4.78, 5) is 13.6. The molecule has 2 aromatic heterocycles. The minimum Gasteiger partial charge on any atom is -0.352 e. The third-order valence-electron chi connectivity index (χ3n) is 5.68. The minimum absolute atomic E-state index is 0. The lowest BCUT2D eigenvalue weighted by Crippen LogP contribution is -2.48. The number of nitrogens with two attached hydrogens (primary N) is 1. The van der Waals surface area contributed by atoms with Crippen molar-refractivity contribution in [1.82, 2.24) is 24.6 Å². The van der Waals surface area contributed by atoms with Gasteiger partial charge in [-0.15, -0.1) is 24.8 Å². The molecule has 2 N–H and O–H groups in total. The number of rotatable bonds is 5. The Morgan fingerprint density at radius 2 is 1.83 bits per heavy atom. The maximum Gasteiger partial charge on any atom is 0.147 e. The molecule has 162 valence electrons. The van der Waals surface area contributed by atoms with E-state index in [4.69, 9.17) is 5.73 Å². The Labute approximate surface area is 190 Å². The van der Waals surface area contributed by atoms with Crippen molar-refractivity contribution in [2.75, 3.05) is 24.5 Å². The van der Waals surface area contributed by atoms with E-state index in [9.17, 15) is 0 Å². The number of hydrogen-bond acceptors (Lipinski definition) is 6. The molecular formula is C21H29Cl2N7. The Kier molecular flexibility index (Phi) is 8.61. The molecule has 0 radical (unpaired) electrons. The van der Waals surface area contributed by atoms with Crippen LogP contribution in [0.4, 0.5) is 5.82 Å². The lowest BCUT2D eigenvalue weighted by molar-refractivity contribution is 0.168. The van der Waals surface area contributed by atoms with Crippen LogP contribution in [0.15, 0.2) is 49.1 Å². The maximum absolute atomic E-state index is 5.78. The normalized spacial score (nSPS) is 16.6. The van der Waals surface area contributed by atoms with E-state index in [1.807, 2.05) is 24.1 Å². The first-order valence-electron chi connectivity index (χ1n) is 9.67. The van der Waals surface area contributed by atoms with Gasteiger partial charge in [-0.05, 0) is 18.1 Å². The molecule has 30 heavy (non-hydrogen) atoms. The zero-order chi connectivity index (χ0) is 19.5. The van der Waals surface area contributed by atoms with Crippen LogP contribution in [0.5, 0.6) is 0 Å². The SMILES string of the molecule is Cc1c(CN2CCN(c3cnccn3)CC2c2ccc(CN)cc2)cnn1C.Cl.Cl. The third-order valence-corrected chi connectivity index (χ3v) is 5.68. The van der Waals surface area contributed by atoms with Gasteiger partial charge in [0.1, 0.15) is 5.82 Å². The van der Waals surface area contributed by atoms with E-state index < -0.39 is 0 Å². The summed E-state index contributed by atoms with van der Waals surface area (Å²) in [6.45, 7) is 6.33. The third kappa shape index (κ3) is 5.10. The first kappa shape index (κ1) is 24.1. The molecule has 0 aliphatic carbocycles. The molecule has 1 aliphatic rings. The van der Waals surface area contributed by atoms with Gasteiger partial charge in [0.25, 0.3) is 0 Å². The molecule has 4 rings (SSSR count). The van der Waals surface area contributed by atoms with Crippen molar-refractivity contribution >= 4 is 30.6 Å². The average molecular weight is 450 g/mol. The van der Waals surface area contributed by atoms with E-state index in [2.05, 4.69) is 56.1 Å². The number of piperazine rings is 1. The summed E-state index contributed by atoms with van der Waals surface area (Å²) in [7, 11) is 1.99. The van der Waals surface area contributed by atoms with Crippen molar-refractivity contribution in [1.29, 1.82) is 0 Å². The maximum atomic E-state index is 5.78. The van der Waals surface area contributed by atoms with E-state index in [-0.39, 0.29) is 30.9 Å². The van der Waals surface area contributed by atoms with Gasteiger partial charge in [0.05, 0.1) is 18.4 Å². The van der Waals surface area contributed by atoms with Gasteiger partial charge < -0.3 is 10.6 Å². The first-order chi connectivity index (χ1) is 13.7. The molecule has 1 unspecified atom stereocenters. The molecule has 1 fully saturated rings. The van der Waals surface area contributed by atoms with Gasteiger partial charge in [-0.2, -0.15) is 5.10 Å². The van der Waals surface area contributed by atoms with Crippen LogP contribution in [0.2, 0.25) is 0 Å². The molecule has 3 aromatic rings. The molecule has 0 bridgehead atoms. The van der Waals surface area contributed by atoms with Gasteiger partial charge >= 0.3 is 0 Å². The van der Waals surface area contributed by atoms with Crippen LogP contribution in [0, 0.1) is 6.92 Å². The predicted molar refractivity (Wildman–Crippen MR) is 124 cm³/mol. The largest absolute Gasteiger partial charge is 0.352 e. The number of benzene rings is 1. The van der Waals surface area contributed by atoms with Gasteiger partial charge in [-0.25, -0.2) is 4.98 Å². The number of aryl methyl sites for hydroxylation is 1. The van der Waals surface area contributed by atoms with Crippen molar-refractivity contribution < 1.29 is 0 Å². The fourth-order valence-electron chi connectivity index (χ4n) is 3.78. The molecule has 7 nitrogen and oxygen atoms in total. The quantitative estimate of drug-likeness (QED) is 0.645. The Bertz CT molecular complexity index is 915. The fraction of sp³-hybridized carbons (Fsp3) is 0.381. The molecule has 1 aromatic carbocycles. The molecule has 3 heterocycles. The predicted octanol–water partition coefficient (Wildman–Crippen LogP) is 2.88. The highest BCUT2D eigenvalue weighted by Crippen LogP contribution is 2.29. The summed E-state index contributed by atoms with van der Waals surface area (Å²) in [6.07, 6.45) is 7.30. The highest BCUT2D eigenvalue weighted by atomic mass is 35.5. The van der Waals surface area contributed by atoms with E-state index in [0.717, 1.165) is 37.6 Å². The summed E-state index contributed by atoms with van der Waals surface area (Å²) in [5.74, 6) is 0.934. The van der Waals surface area contributed by atoms with E-state index in [1.54, 1.807) is 12.4 Å². The fourth-order valence-corrected chi connectivity index (χ4v) is 3.78. The number of aromatic nitrogens is 4. The number of anilines is 1. The lowest BCUT2D eigenvalue weighted by Gasteiger charge is -2.42. The van der Waals surface area contributed by atoms with Gasteiger partial charge in [0, 0.05) is 63.4 Å². The van der Waals surface area contributed by atoms with Crippen LogP contribution in [0.25, 0.3) is 0 Å².